The lowest BCUT2D eigenvalue weighted by atomic mass is 9.90. The van der Waals surface area contributed by atoms with Crippen molar-refractivity contribution in [2.75, 3.05) is 30.7 Å². The molecule has 0 unspecified atom stereocenters. The first-order chi connectivity index (χ1) is 19.2. The molecule has 0 bridgehead atoms. The number of hydrogen-bond donors (Lipinski definition) is 0. The number of carbonyl (C=O) groups excluding carboxylic acids is 4. The van der Waals surface area contributed by atoms with Crippen LogP contribution in [0.15, 0.2) is 52.4 Å². The van der Waals surface area contributed by atoms with Crippen molar-refractivity contribution >= 4 is 52.8 Å². The third-order valence-corrected chi connectivity index (χ3v) is 7.27. The SMILES string of the molecule is CCOCOC(=O)C1=C(C(=O)N(C(=O)c2cccc(F)c2)c2cc(SCC(=O)OCC)c(Cl)cc2F)CCCC1. The van der Waals surface area contributed by atoms with Crippen molar-refractivity contribution in [3.63, 3.8) is 0 Å². The highest BCUT2D eigenvalue weighted by Gasteiger charge is 2.34. The number of esters is 2. The van der Waals surface area contributed by atoms with Crippen LogP contribution in [0.2, 0.25) is 5.02 Å². The van der Waals surface area contributed by atoms with Gasteiger partial charge in [-0.1, -0.05) is 17.7 Å². The molecule has 0 aliphatic heterocycles. The van der Waals surface area contributed by atoms with Crippen LogP contribution in [0.25, 0.3) is 0 Å². The highest BCUT2D eigenvalue weighted by atomic mass is 35.5. The van der Waals surface area contributed by atoms with Crippen LogP contribution in [-0.4, -0.2) is 49.5 Å². The van der Waals surface area contributed by atoms with Gasteiger partial charge in [0.25, 0.3) is 11.8 Å². The van der Waals surface area contributed by atoms with Crippen LogP contribution in [-0.2, 0) is 28.6 Å². The van der Waals surface area contributed by atoms with Crippen LogP contribution in [0, 0.1) is 11.6 Å². The minimum Gasteiger partial charge on any atom is -0.465 e. The van der Waals surface area contributed by atoms with E-state index in [2.05, 4.69) is 0 Å². The number of rotatable bonds is 11. The van der Waals surface area contributed by atoms with Gasteiger partial charge in [0.1, 0.15) is 11.6 Å². The lowest BCUT2D eigenvalue weighted by Gasteiger charge is -2.26. The van der Waals surface area contributed by atoms with E-state index in [1.807, 2.05) is 0 Å². The molecule has 2 amide bonds. The van der Waals surface area contributed by atoms with E-state index in [1.165, 1.54) is 12.1 Å². The minimum absolute atomic E-state index is 0.0208. The molecule has 0 heterocycles. The van der Waals surface area contributed by atoms with Gasteiger partial charge in [0.05, 0.1) is 23.1 Å². The second-order valence-corrected chi connectivity index (χ2v) is 9.91. The monoisotopic (exact) mass is 595 g/mol. The highest BCUT2D eigenvalue weighted by Crippen LogP contribution is 2.36. The summed E-state index contributed by atoms with van der Waals surface area (Å²) in [6, 6.07) is 6.66. The smallest absolute Gasteiger partial charge is 0.336 e. The molecule has 0 aromatic heterocycles. The van der Waals surface area contributed by atoms with Gasteiger partial charge in [0, 0.05) is 28.2 Å². The van der Waals surface area contributed by atoms with E-state index >= 15 is 4.39 Å². The molecule has 0 N–H and O–H groups in total. The first-order valence-electron chi connectivity index (χ1n) is 12.6. The molecule has 1 aliphatic carbocycles. The summed E-state index contributed by atoms with van der Waals surface area (Å²) in [6.45, 7) is 3.52. The quantitative estimate of drug-likeness (QED) is 0.105. The maximum atomic E-state index is 15.4. The van der Waals surface area contributed by atoms with Gasteiger partial charge in [-0.05, 0) is 69.9 Å². The number of carbonyl (C=O) groups is 4. The number of ether oxygens (including phenoxy) is 3. The third-order valence-electron chi connectivity index (χ3n) is 5.82. The lowest BCUT2D eigenvalue weighted by Crippen LogP contribution is -2.40. The number of nitrogens with zero attached hydrogens (tertiary/aromatic N) is 1. The maximum Gasteiger partial charge on any atom is 0.336 e. The standard InChI is InChI=1S/C28H28ClF2NO7S/c1-3-37-16-39-28(36)20-11-6-5-10-19(20)27(35)32(26(34)17-8-7-9-18(30)12-17)23-14-24(21(29)13-22(23)31)40-15-25(33)38-4-2/h7-9,12-14H,3-6,10-11,15-16H2,1-2H3. The van der Waals surface area contributed by atoms with E-state index in [4.69, 9.17) is 25.8 Å². The Balaban J connectivity index is 2.11. The number of amides is 2. The second-order valence-electron chi connectivity index (χ2n) is 8.49. The Labute approximate surface area is 239 Å². The summed E-state index contributed by atoms with van der Waals surface area (Å²) in [5, 5.41) is -0.0572. The Kier molecular flexibility index (Phi) is 11.7. The molecule has 0 radical (unpaired) electrons. The number of thioether (sulfide) groups is 1. The summed E-state index contributed by atoms with van der Waals surface area (Å²) in [4.78, 5) is 53.1. The van der Waals surface area contributed by atoms with Crippen molar-refractivity contribution in [2.24, 2.45) is 0 Å². The van der Waals surface area contributed by atoms with Crippen molar-refractivity contribution in [2.45, 2.75) is 44.4 Å². The molecule has 3 rings (SSSR count). The second kappa shape index (κ2) is 14.9. The van der Waals surface area contributed by atoms with Gasteiger partial charge in [0.15, 0.2) is 6.79 Å². The minimum atomic E-state index is -1.02. The zero-order valence-corrected chi connectivity index (χ0v) is 23.5. The number of imide groups is 1. The molecular weight excluding hydrogens is 568 g/mol. The number of anilines is 1. The topological polar surface area (TPSA) is 99.2 Å². The fraction of sp³-hybridized carbons (Fsp3) is 0.357. The molecule has 12 heteroatoms. The summed E-state index contributed by atoms with van der Waals surface area (Å²) < 4.78 is 44.5. The van der Waals surface area contributed by atoms with E-state index in [-0.39, 0.29) is 58.6 Å². The van der Waals surface area contributed by atoms with Gasteiger partial charge in [-0.15, -0.1) is 11.8 Å². The largest absolute Gasteiger partial charge is 0.465 e. The van der Waals surface area contributed by atoms with Crippen LogP contribution in [0.3, 0.4) is 0 Å². The predicted octanol–water partition coefficient (Wildman–Crippen LogP) is 5.85. The zero-order valence-electron chi connectivity index (χ0n) is 22.0. The third kappa shape index (κ3) is 7.89. The van der Waals surface area contributed by atoms with E-state index in [1.54, 1.807) is 13.8 Å². The summed E-state index contributed by atoms with van der Waals surface area (Å²) in [7, 11) is 0. The van der Waals surface area contributed by atoms with E-state index in [0.29, 0.717) is 24.3 Å². The molecule has 2 aromatic rings. The number of benzene rings is 2. The molecule has 0 spiro atoms. The predicted molar refractivity (Wildman–Crippen MR) is 145 cm³/mol. The first-order valence-corrected chi connectivity index (χ1v) is 13.9. The lowest BCUT2D eigenvalue weighted by molar-refractivity contribution is -0.151. The Hall–Kier alpha value is -3.28. The summed E-state index contributed by atoms with van der Waals surface area (Å²) in [6.07, 6.45) is 1.47. The van der Waals surface area contributed by atoms with E-state index in [9.17, 15) is 23.6 Å². The van der Waals surface area contributed by atoms with E-state index in [0.717, 1.165) is 36.0 Å². The van der Waals surface area contributed by atoms with Crippen molar-refractivity contribution in [1.82, 2.24) is 0 Å². The van der Waals surface area contributed by atoms with Crippen LogP contribution >= 0.6 is 23.4 Å². The molecule has 1 aliphatic rings. The Morgan fingerprint density at radius 2 is 1.68 bits per heavy atom. The average molecular weight is 596 g/mol. The van der Waals surface area contributed by atoms with Gasteiger partial charge in [-0.2, -0.15) is 0 Å². The molecule has 0 atom stereocenters. The first kappa shape index (κ1) is 31.3. The molecule has 8 nitrogen and oxygen atoms in total. The fourth-order valence-corrected chi connectivity index (χ4v) is 5.03. The molecule has 2 aromatic carbocycles. The van der Waals surface area contributed by atoms with Crippen LogP contribution in [0.1, 0.15) is 49.9 Å². The molecule has 214 valence electrons. The maximum absolute atomic E-state index is 15.4. The van der Waals surface area contributed by atoms with Gasteiger partial charge in [0.2, 0.25) is 0 Å². The van der Waals surface area contributed by atoms with Crippen LogP contribution in [0.4, 0.5) is 14.5 Å². The Bertz CT molecular complexity index is 1320. The number of halogens is 3. The van der Waals surface area contributed by atoms with Crippen molar-refractivity contribution in [1.29, 1.82) is 0 Å². The van der Waals surface area contributed by atoms with E-state index < -0.39 is 41.1 Å². The zero-order chi connectivity index (χ0) is 29.2. The summed E-state index contributed by atoms with van der Waals surface area (Å²) in [5.41, 5.74) is -0.665. The highest BCUT2D eigenvalue weighted by molar-refractivity contribution is 8.00. The molecular formula is C28H28ClF2NO7S. The van der Waals surface area contributed by atoms with Crippen molar-refractivity contribution < 1.29 is 42.2 Å². The van der Waals surface area contributed by atoms with Gasteiger partial charge >= 0.3 is 11.9 Å². The van der Waals surface area contributed by atoms with Crippen LogP contribution < -0.4 is 4.90 Å². The molecule has 0 fully saturated rings. The average Bonchev–Trinajstić information content (AvgIpc) is 2.93. The van der Waals surface area contributed by atoms with Gasteiger partial charge in [-0.3, -0.25) is 14.4 Å². The van der Waals surface area contributed by atoms with Gasteiger partial charge in [-0.25, -0.2) is 18.5 Å². The summed E-state index contributed by atoms with van der Waals surface area (Å²) in [5.74, 6) is -5.21. The normalized spacial score (nSPS) is 13.1. The van der Waals surface area contributed by atoms with Crippen molar-refractivity contribution in [3.8, 4) is 0 Å². The molecule has 0 saturated heterocycles. The fourth-order valence-electron chi connectivity index (χ4n) is 3.97. The Morgan fingerprint density at radius 1 is 0.950 bits per heavy atom. The summed E-state index contributed by atoms with van der Waals surface area (Å²) >= 11 is 7.13. The molecule has 40 heavy (non-hydrogen) atoms. The number of hydrogen-bond acceptors (Lipinski definition) is 8. The van der Waals surface area contributed by atoms with Crippen LogP contribution in [0.5, 0.6) is 0 Å². The van der Waals surface area contributed by atoms with Gasteiger partial charge < -0.3 is 14.2 Å². The Morgan fingerprint density at radius 3 is 2.35 bits per heavy atom. The van der Waals surface area contributed by atoms with Crippen molar-refractivity contribution in [3.05, 3.63) is 69.8 Å². The molecule has 0 saturated carbocycles.